The molecule has 2 heterocycles. The average molecular weight is 470 g/mol. The molecular formula is C24H25Cl2N5O. The van der Waals surface area contributed by atoms with Gasteiger partial charge in [-0.15, -0.1) is 10.2 Å². The molecule has 1 N–H and O–H groups in total. The zero-order chi connectivity index (χ0) is 22.2. The standard InChI is InChI=1S/C24H25Cl2N5O/c1-15-28-29-23(31(15)14-16-4-7-18(25)8-5-16)22-3-2-12-30(22)24(32)27-21-11-6-17-13-19(26)9-10-20(17)21/h4-5,7-10,13,21-22H,2-3,6,11-12,14H2,1H3,(H,27,32)/t21?,22-/m1/s1. The lowest BCUT2D eigenvalue weighted by atomic mass is 10.1. The van der Waals surface area contributed by atoms with Gasteiger partial charge in [-0.2, -0.15) is 0 Å². The molecule has 32 heavy (non-hydrogen) atoms. The van der Waals surface area contributed by atoms with Gasteiger partial charge in [0.25, 0.3) is 0 Å². The molecule has 2 amide bonds. The van der Waals surface area contributed by atoms with Crippen molar-refractivity contribution in [1.82, 2.24) is 25.0 Å². The van der Waals surface area contributed by atoms with Gasteiger partial charge < -0.3 is 14.8 Å². The third-order valence-corrected chi connectivity index (χ3v) is 7.00. The van der Waals surface area contributed by atoms with E-state index in [2.05, 4.69) is 20.1 Å². The van der Waals surface area contributed by atoms with Crippen LogP contribution in [0.3, 0.4) is 0 Å². The Morgan fingerprint density at radius 3 is 2.69 bits per heavy atom. The Morgan fingerprint density at radius 1 is 1.09 bits per heavy atom. The maximum Gasteiger partial charge on any atom is 0.318 e. The number of nitrogens with zero attached hydrogens (tertiary/aromatic N) is 4. The minimum Gasteiger partial charge on any atom is -0.331 e. The van der Waals surface area contributed by atoms with Crippen LogP contribution in [0.1, 0.15) is 59.7 Å². The first-order valence-corrected chi connectivity index (χ1v) is 11.7. The molecule has 3 aromatic rings. The molecule has 1 fully saturated rings. The van der Waals surface area contributed by atoms with E-state index in [1.807, 2.05) is 54.3 Å². The normalized spacial score (nSPS) is 19.9. The lowest BCUT2D eigenvalue weighted by molar-refractivity contribution is 0.185. The zero-order valence-corrected chi connectivity index (χ0v) is 19.4. The molecule has 6 nitrogen and oxygen atoms in total. The van der Waals surface area contributed by atoms with Gasteiger partial charge in [0, 0.05) is 16.6 Å². The third kappa shape index (κ3) is 4.09. The average Bonchev–Trinajstić information content (AvgIpc) is 3.49. The predicted octanol–water partition coefficient (Wildman–Crippen LogP) is 5.48. The van der Waals surface area contributed by atoms with Gasteiger partial charge in [0.15, 0.2) is 5.82 Å². The molecule has 1 aliphatic carbocycles. The molecule has 0 saturated carbocycles. The van der Waals surface area contributed by atoms with Crippen molar-refractivity contribution in [2.24, 2.45) is 0 Å². The van der Waals surface area contributed by atoms with Gasteiger partial charge in [0.05, 0.1) is 18.6 Å². The van der Waals surface area contributed by atoms with E-state index in [0.717, 1.165) is 47.9 Å². The molecule has 1 aliphatic heterocycles. The van der Waals surface area contributed by atoms with Gasteiger partial charge in [-0.1, -0.05) is 41.4 Å². The fraction of sp³-hybridized carbons (Fsp3) is 0.375. The maximum atomic E-state index is 13.3. The van der Waals surface area contributed by atoms with Gasteiger partial charge in [0.2, 0.25) is 0 Å². The number of aryl methyl sites for hydroxylation is 2. The Bertz CT molecular complexity index is 1140. The number of carbonyl (C=O) groups excluding carboxylic acids is 1. The Morgan fingerprint density at radius 2 is 1.88 bits per heavy atom. The third-order valence-electron chi connectivity index (χ3n) is 6.51. The number of halogens is 2. The number of benzene rings is 2. The number of aromatic nitrogens is 3. The van der Waals surface area contributed by atoms with Crippen molar-refractivity contribution in [3.8, 4) is 0 Å². The molecule has 2 aliphatic rings. The van der Waals surface area contributed by atoms with E-state index >= 15 is 0 Å². The van der Waals surface area contributed by atoms with Crippen LogP contribution in [0.25, 0.3) is 0 Å². The van der Waals surface area contributed by atoms with Crippen molar-refractivity contribution in [2.75, 3.05) is 6.54 Å². The number of rotatable bonds is 4. The van der Waals surface area contributed by atoms with E-state index in [9.17, 15) is 4.79 Å². The summed E-state index contributed by atoms with van der Waals surface area (Å²) in [6, 6.07) is 13.6. The van der Waals surface area contributed by atoms with E-state index in [4.69, 9.17) is 23.2 Å². The highest BCUT2D eigenvalue weighted by molar-refractivity contribution is 6.30. The Balaban J connectivity index is 1.34. The fourth-order valence-electron chi connectivity index (χ4n) is 4.86. The SMILES string of the molecule is Cc1nnc([C@H]2CCCN2C(=O)NC2CCc3cc(Cl)ccc32)n1Cc1ccc(Cl)cc1. The highest BCUT2D eigenvalue weighted by Crippen LogP contribution is 2.35. The molecule has 1 saturated heterocycles. The van der Waals surface area contributed by atoms with Crippen molar-refractivity contribution in [3.05, 3.63) is 80.8 Å². The number of hydrogen-bond donors (Lipinski definition) is 1. The van der Waals surface area contributed by atoms with Crippen LogP contribution in [0.15, 0.2) is 42.5 Å². The minimum absolute atomic E-state index is 0.0182. The summed E-state index contributed by atoms with van der Waals surface area (Å²) in [5.74, 6) is 1.67. The van der Waals surface area contributed by atoms with Crippen LogP contribution >= 0.6 is 23.2 Å². The lowest BCUT2D eigenvalue weighted by Gasteiger charge is -2.27. The van der Waals surface area contributed by atoms with E-state index < -0.39 is 0 Å². The second kappa shape index (κ2) is 8.75. The Labute approximate surface area is 197 Å². The van der Waals surface area contributed by atoms with E-state index in [1.165, 1.54) is 11.1 Å². The summed E-state index contributed by atoms with van der Waals surface area (Å²) in [5.41, 5.74) is 3.51. The van der Waals surface area contributed by atoms with E-state index in [0.29, 0.717) is 18.1 Å². The molecule has 0 spiro atoms. The van der Waals surface area contributed by atoms with Crippen LogP contribution in [0, 0.1) is 6.92 Å². The molecule has 0 bridgehead atoms. The number of hydrogen-bond acceptors (Lipinski definition) is 3. The number of fused-ring (bicyclic) bond motifs is 1. The molecular weight excluding hydrogens is 445 g/mol. The number of likely N-dealkylation sites (tertiary alicyclic amines) is 1. The summed E-state index contributed by atoms with van der Waals surface area (Å²) in [7, 11) is 0. The van der Waals surface area contributed by atoms with Crippen LogP contribution in [-0.4, -0.2) is 32.2 Å². The van der Waals surface area contributed by atoms with Crippen molar-refractivity contribution in [2.45, 2.75) is 51.2 Å². The quantitative estimate of drug-likeness (QED) is 0.550. The molecule has 2 atom stereocenters. The van der Waals surface area contributed by atoms with Gasteiger partial charge in [-0.25, -0.2) is 4.79 Å². The van der Waals surface area contributed by atoms with Crippen molar-refractivity contribution in [1.29, 1.82) is 0 Å². The first kappa shape index (κ1) is 21.3. The van der Waals surface area contributed by atoms with Crippen molar-refractivity contribution in [3.63, 3.8) is 0 Å². The molecule has 2 aromatic carbocycles. The molecule has 1 aromatic heterocycles. The summed E-state index contributed by atoms with van der Waals surface area (Å²) in [4.78, 5) is 15.2. The van der Waals surface area contributed by atoms with Crippen LogP contribution < -0.4 is 5.32 Å². The molecule has 0 radical (unpaired) electrons. The van der Waals surface area contributed by atoms with Crippen LogP contribution in [0.2, 0.25) is 10.0 Å². The number of carbonyl (C=O) groups is 1. The Hall–Kier alpha value is -2.57. The van der Waals surface area contributed by atoms with Gasteiger partial charge >= 0.3 is 6.03 Å². The molecule has 1 unspecified atom stereocenters. The topological polar surface area (TPSA) is 63.1 Å². The van der Waals surface area contributed by atoms with Crippen molar-refractivity contribution < 1.29 is 4.79 Å². The van der Waals surface area contributed by atoms with Crippen molar-refractivity contribution >= 4 is 29.2 Å². The second-order valence-corrected chi connectivity index (χ2v) is 9.43. The molecule has 166 valence electrons. The summed E-state index contributed by atoms with van der Waals surface area (Å²) in [6.07, 6.45) is 3.65. The smallest absolute Gasteiger partial charge is 0.318 e. The summed E-state index contributed by atoms with van der Waals surface area (Å²) in [5, 5.41) is 13.5. The monoisotopic (exact) mass is 469 g/mol. The van der Waals surface area contributed by atoms with Gasteiger partial charge in [0.1, 0.15) is 5.82 Å². The highest BCUT2D eigenvalue weighted by atomic mass is 35.5. The summed E-state index contributed by atoms with van der Waals surface area (Å²) < 4.78 is 2.10. The summed E-state index contributed by atoms with van der Waals surface area (Å²) >= 11 is 12.2. The lowest BCUT2D eigenvalue weighted by Crippen LogP contribution is -2.41. The molecule has 8 heteroatoms. The first-order valence-electron chi connectivity index (χ1n) is 11.0. The number of nitrogens with one attached hydrogen (secondary N) is 1. The highest BCUT2D eigenvalue weighted by Gasteiger charge is 2.35. The zero-order valence-electron chi connectivity index (χ0n) is 17.9. The molecule has 5 rings (SSSR count). The minimum atomic E-state index is -0.0883. The second-order valence-electron chi connectivity index (χ2n) is 8.55. The van der Waals surface area contributed by atoms with Crippen LogP contribution in [-0.2, 0) is 13.0 Å². The van der Waals surface area contributed by atoms with Crippen LogP contribution in [0.4, 0.5) is 4.79 Å². The largest absolute Gasteiger partial charge is 0.331 e. The number of urea groups is 1. The summed E-state index contributed by atoms with van der Waals surface area (Å²) in [6.45, 7) is 3.31. The first-order chi connectivity index (χ1) is 15.5. The number of amides is 2. The van der Waals surface area contributed by atoms with E-state index in [-0.39, 0.29) is 18.1 Å². The van der Waals surface area contributed by atoms with Gasteiger partial charge in [-0.05, 0) is 73.6 Å². The van der Waals surface area contributed by atoms with Gasteiger partial charge in [-0.3, -0.25) is 0 Å². The Kier molecular flexibility index (Phi) is 5.82. The van der Waals surface area contributed by atoms with E-state index in [1.54, 1.807) is 0 Å². The van der Waals surface area contributed by atoms with Crippen LogP contribution in [0.5, 0.6) is 0 Å². The fourth-order valence-corrected chi connectivity index (χ4v) is 5.18. The maximum absolute atomic E-state index is 13.3. The predicted molar refractivity (Wildman–Crippen MR) is 125 cm³/mol.